The standard InChI is InChI=1S/C9H15NO3/c1-7(5-10-6-11)8(12)13-9(2,3)4/h7H,5H2,1-4H3. The van der Waals surface area contributed by atoms with Crippen molar-refractivity contribution in [1.29, 1.82) is 0 Å². The second kappa shape index (κ2) is 4.77. The fraction of sp³-hybridized carbons (Fsp3) is 0.778. The highest BCUT2D eigenvalue weighted by molar-refractivity contribution is 5.72. The number of esters is 1. The third-order valence-corrected chi connectivity index (χ3v) is 1.24. The lowest BCUT2D eigenvalue weighted by Crippen LogP contribution is -2.28. The molecule has 4 nitrogen and oxygen atoms in total. The van der Waals surface area contributed by atoms with Gasteiger partial charge in [-0.3, -0.25) is 4.79 Å². The predicted octanol–water partition coefficient (Wildman–Crippen LogP) is 1.30. The van der Waals surface area contributed by atoms with Crippen LogP contribution in [0.3, 0.4) is 0 Å². The maximum absolute atomic E-state index is 11.3. The minimum atomic E-state index is -0.490. The molecule has 0 aliphatic heterocycles. The third-order valence-electron chi connectivity index (χ3n) is 1.24. The summed E-state index contributed by atoms with van der Waals surface area (Å²) in [6, 6.07) is 0. The molecule has 0 saturated carbocycles. The first-order valence-corrected chi connectivity index (χ1v) is 4.13. The largest absolute Gasteiger partial charge is 0.460 e. The summed E-state index contributed by atoms with van der Waals surface area (Å²) >= 11 is 0. The molecule has 0 amide bonds. The number of nitrogens with zero attached hydrogens (tertiary/aromatic N) is 1. The smallest absolute Gasteiger partial charge is 0.311 e. The Kier molecular flexibility index (Phi) is 4.35. The van der Waals surface area contributed by atoms with E-state index in [0.717, 1.165) is 0 Å². The first kappa shape index (κ1) is 11.8. The second-order valence-electron chi connectivity index (χ2n) is 3.87. The van der Waals surface area contributed by atoms with Crippen molar-refractivity contribution in [3.63, 3.8) is 0 Å². The molecule has 0 radical (unpaired) electrons. The van der Waals surface area contributed by atoms with Crippen LogP contribution in [0.25, 0.3) is 0 Å². The van der Waals surface area contributed by atoms with Crippen LogP contribution in [0.2, 0.25) is 0 Å². The third kappa shape index (κ3) is 6.05. The molecule has 1 atom stereocenters. The fourth-order valence-electron chi connectivity index (χ4n) is 0.651. The van der Waals surface area contributed by atoms with Crippen molar-refractivity contribution in [2.75, 3.05) is 6.54 Å². The van der Waals surface area contributed by atoms with Gasteiger partial charge in [-0.15, -0.1) is 0 Å². The molecule has 0 N–H and O–H groups in total. The minimum Gasteiger partial charge on any atom is -0.460 e. The van der Waals surface area contributed by atoms with Crippen molar-refractivity contribution >= 4 is 12.0 Å². The molecule has 0 aliphatic rings. The van der Waals surface area contributed by atoms with Crippen LogP contribution in [-0.4, -0.2) is 24.2 Å². The van der Waals surface area contributed by atoms with Crippen LogP contribution in [0.4, 0.5) is 0 Å². The lowest BCUT2D eigenvalue weighted by Gasteiger charge is -2.21. The van der Waals surface area contributed by atoms with Crippen molar-refractivity contribution in [3.8, 4) is 0 Å². The van der Waals surface area contributed by atoms with Crippen molar-refractivity contribution in [3.05, 3.63) is 0 Å². The van der Waals surface area contributed by atoms with Crippen molar-refractivity contribution in [1.82, 2.24) is 0 Å². The molecule has 0 aromatic heterocycles. The quantitative estimate of drug-likeness (QED) is 0.378. The highest BCUT2D eigenvalue weighted by atomic mass is 16.6. The number of isocyanates is 1. The van der Waals surface area contributed by atoms with E-state index in [-0.39, 0.29) is 18.4 Å². The molecule has 13 heavy (non-hydrogen) atoms. The maximum Gasteiger partial charge on any atom is 0.311 e. The number of carbonyl (C=O) groups is 1. The SMILES string of the molecule is CC(CN=C=O)C(=O)OC(C)(C)C. The molecular formula is C9H15NO3. The van der Waals surface area contributed by atoms with Gasteiger partial charge in [0, 0.05) is 0 Å². The zero-order valence-corrected chi connectivity index (χ0v) is 8.46. The summed E-state index contributed by atoms with van der Waals surface area (Å²) in [6.45, 7) is 7.18. The number of aliphatic imine (C=N–C) groups is 1. The van der Waals surface area contributed by atoms with Gasteiger partial charge in [-0.25, -0.2) is 9.79 Å². The second-order valence-corrected chi connectivity index (χ2v) is 3.87. The van der Waals surface area contributed by atoms with Gasteiger partial charge in [0.05, 0.1) is 12.5 Å². The lowest BCUT2D eigenvalue weighted by molar-refractivity contribution is -0.158. The Morgan fingerprint density at radius 2 is 2.08 bits per heavy atom. The summed E-state index contributed by atoms with van der Waals surface area (Å²) in [4.78, 5) is 24.3. The van der Waals surface area contributed by atoms with Crippen LogP contribution in [0, 0.1) is 5.92 Å². The Bertz CT molecular complexity index is 224. The molecule has 0 aliphatic carbocycles. The van der Waals surface area contributed by atoms with E-state index in [1.807, 2.05) is 0 Å². The van der Waals surface area contributed by atoms with E-state index in [0.29, 0.717) is 0 Å². The molecule has 0 spiro atoms. The van der Waals surface area contributed by atoms with Gasteiger partial charge in [0.25, 0.3) is 0 Å². The van der Waals surface area contributed by atoms with E-state index in [2.05, 4.69) is 4.99 Å². The normalized spacial score (nSPS) is 12.9. The zero-order valence-electron chi connectivity index (χ0n) is 8.46. The number of hydrogen-bond acceptors (Lipinski definition) is 4. The van der Waals surface area contributed by atoms with Crippen molar-refractivity contribution in [2.24, 2.45) is 10.9 Å². The van der Waals surface area contributed by atoms with Crippen molar-refractivity contribution in [2.45, 2.75) is 33.3 Å². The van der Waals surface area contributed by atoms with Crippen LogP contribution < -0.4 is 0 Å². The number of ether oxygens (including phenoxy) is 1. The van der Waals surface area contributed by atoms with Crippen LogP contribution in [0.5, 0.6) is 0 Å². The Labute approximate surface area is 78.0 Å². The minimum absolute atomic E-state index is 0.137. The molecule has 0 aromatic carbocycles. The first-order chi connectivity index (χ1) is 5.87. The van der Waals surface area contributed by atoms with Gasteiger partial charge in [0.1, 0.15) is 5.60 Å². The summed E-state index contributed by atoms with van der Waals surface area (Å²) in [7, 11) is 0. The van der Waals surface area contributed by atoms with Gasteiger partial charge in [-0.05, 0) is 20.8 Å². The summed E-state index contributed by atoms with van der Waals surface area (Å²) in [5.74, 6) is -0.729. The Balaban J connectivity index is 4.04. The number of carbonyl (C=O) groups excluding carboxylic acids is 2. The van der Waals surface area contributed by atoms with E-state index in [1.165, 1.54) is 6.08 Å². The molecule has 4 heteroatoms. The molecule has 0 bridgehead atoms. The van der Waals surface area contributed by atoms with E-state index in [4.69, 9.17) is 4.74 Å². The monoisotopic (exact) mass is 185 g/mol. The molecule has 0 rings (SSSR count). The molecular weight excluding hydrogens is 170 g/mol. The maximum atomic E-state index is 11.3. The molecule has 0 saturated heterocycles. The predicted molar refractivity (Wildman–Crippen MR) is 48.0 cm³/mol. The molecule has 1 unspecified atom stereocenters. The van der Waals surface area contributed by atoms with Crippen LogP contribution in [0.15, 0.2) is 4.99 Å². The number of hydrogen-bond donors (Lipinski definition) is 0. The Hall–Kier alpha value is -1.15. The molecule has 0 aromatic rings. The Morgan fingerprint density at radius 3 is 2.46 bits per heavy atom. The summed E-state index contributed by atoms with van der Waals surface area (Å²) < 4.78 is 5.07. The topological polar surface area (TPSA) is 55.7 Å². The van der Waals surface area contributed by atoms with Gasteiger partial charge in [-0.2, -0.15) is 0 Å². The van der Waals surface area contributed by atoms with E-state index < -0.39 is 5.60 Å². The fourth-order valence-corrected chi connectivity index (χ4v) is 0.651. The van der Waals surface area contributed by atoms with Gasteiger partial charge < -0.3 is 4.74 Å². The number of rotatable bonds is 3. The van der Waals surface area contributed by atoms with Crippen LogP contribution >= 0.6 is 0 Å². The van der Waals surface area contributed by atoms with Gasteiger partial charge >= 0.3 is 5.97 Å². The van der Waals surface area contributed by atoms with Crippen molar-refractivity contribution < 1.29 is 14.3 Å². The first-order valence-electron chi connectivity index (χ1n) is 4.13. The van der Waals surface area contributed by atoms with Gasteiger partial charge in [-0.1, -0.05) is 6.92 Å². The highest BCUT2D eigenvalue weighted by Gasteiger charge is 2.21. The van der Waals surface area contributed by atoms with Gasteiger partial charge in [0.15, 0.2) is 0 Å². The lowest BCUT2D eigenvalue weighted by atomic mass is 10.1. The van der Waals surface area contributed by atoms with Crippen LogP contribution in [0.1, 0.15) is 27.7 Å². The average molecular weight is 185 g/mol. The van der Waals surface area contributed by atoms with E-state index >= 15 is 0 Å². The van der Waals surface area contributed by atoms with E-state index in [9.17, 15) is 9.59 Å². The molecule has 0 fully saturated rings. The zero-order chi connectivity index (χ0) is 10.5. The highest BCUT2D eigenvalue weighted by Crippen LogP contribution is 2.10. The molecule has 0 heterocycles. The van der Waals surface area contributed by atoms with E-state index in [1.54, 1.807) is 27.7 Å². The summed E-state index contributed by atoms with van der Waals surface area (Å²) in [5, 5.41) is 0. The Morgan fingerprint density at radius 1 is 1.54 bits per heavy atom. The summed E-state index contributed by atoms with van der Waals surface area (Å²) in [6.07, 6.45) is 1.38. The molecule has 74 valence electrons. The summed E-state index contributed by atoms with van der Waals surface area (Å²) in [5.41, 5.74) is -0.490. The average Bonchev–Trinajstić information content (AvgIpc) is 1.96. The van der Waals surface area contributed by atoms with Gasteiger partial charge in [0.2, 0.25) is 6.08 Å². The van der Waals surface area contributed by atoms with Crippen LogP contribution in [-0.2, 0) is 14.3 Å².